The Morgan fingerprint density at radius 1 is 1.27 bits per heavy atom. The van der Waals surface area contributed by atoms with Crippen molar-refractivity contribution in [3.63, 3.8) is 0 Å². The van der Waals surface area contributed by atoms with E-state index in [1.54, 1.807) is 37.3 Å². The molecular formula is C27H34N6O4. The van der Waals surface area contributed by atoms with E-state index in [1.165, 1.54) is 13.3 Å². The number of nitrogens with one attached hydrogen (secondary N) is 1. The van der Waals surface area contributed by atoms with E-state index in [2.05, 4.69) is 4.98 Å². The summed E-state index contributed by atoms with van der Waals surface area (Å²) in [4.78, 5) is 22.9. The highest BCUT2D eigenvalue weighted by Crippen LogP contribution is 2.34. The van der Waals surface area contributed by atoms with Gasteiger partial charge < -0.3 is 24.5 Å². The molecule has 0 aliphatic carbocycles. The van der Waals surface area contributed by atoms with Crippen LogP contribution >= 0.6 is 0 Å². The van der Waals surface area contributed by atoms with Crippen molar-refractivity contribution in [1.29, 1.82) is 5.41 Å². The van der Waals surface area contributed by atoms with Gasteiger partial charge in [0.25, 0.3) is 0 Å². The van der Waals surface area contributed by atoms with E-state index in [-0.39, 0.29) is 18.3 Å². The fraction of sp³-hybridized carbons (Fsp3) is 0.444. The number of hydrogen-bond donors (Lipinski definition) is 1. The summed E-state index contributed by atoms with van der Waals surface area (Å²) in [6, 6.07) is 7.12. The molecule has 37 heavy (non-hydrogen) atoms. The number of methoxy groups -OCH3 is 1. The smallest absolute Gasteiger partial charge is 0.328 e. The van der Waals surface area contributed by atoms with E-state index >= 15 is 0 Å². The minimum Gasteiger partial charge on any atom is -0.491 e. The van der Waals surface area contributed by atoms with Crippen LogP contribution in [0.2, 0.25) is 0 Å². The van der Waals surface area contributed by atoms with Crippen LogP contribution in [-0.4, -0.2) is 69.7 Å². The fourth-order valence-electron chi connectivity index (χ4n) is 4.25. The zero-order chi connectivity index (χ0) is 26.5. The molecule has 0 bridgehead atoms. The van der Waals surface area contributed by atoms with Crippen LogP contribution in [0, 0.1) is 5.41 Å². The van der Waals surface area contributed by atoms with Gasteiger partial charge in [-0.25, -0.2) is 19.4 Å². The topological polar surface area (TPSA) is 115 Å². The van der Waals surface area contributed by atoms with Gasteiger partial charge in [-0.3, -0.25) is 0 Å². The summed E-state index contributed by atoms with van der Waals surface area (Å²) in [5.74, 6) is 0.797. The molecule has 10 nitrogen and oxygen atoms in total. The molecule has 1 fully saturated rings. The third-order valence-electron chi connectivity index (χ3n) is 6.29. The van der Waals surface area contributed by atoms with Crippen molar-refractivity contribution >= 4 is 28.7 Å². The Hall–Kier alpha value is -3.79. The summed E-state index contributed by atoms with van der Waals surface area (Å²) in [5, 5.41) is 13.8. The second-order valence-electron chi connectivity index (χ2n) is 9.32. The molecule has 2 atom stereocenters. The number of carbonyl (C=O) groups is 1. The summed E-state index contributed by atoms with van der Waals surface area (Å²) < 4.78 is 18.7. The molecule has 0 spiro atoms. The number of esters is 1. The van der Waals surface area contributed by atoms with Gasteiger partial charge >= 0.3 is 5.97 Å². The molecule has 3 aromatic rings. The van der Waals surface area contributed by atoms with Gasteiger partial charge in [-0.1, -0.05) is 0 Å². The van der Waals surface area contributed by atoms with Crippen LogP contribution in [0.4, 0.5) is 0 Å². The number of aromatic nitrogens is 4. The summed E-state index contributed by atoms with van der Waals surface area (Å²) >= 11 is 0. The molecule has 1 aromatic carbocycles. The summed E-state index contributed by atoms with van der Waals surface area (Å²) in [5.41, 5.74) is 2.59. The SMILES string of the molecule is COC(=O)C(C)N(C)/C=C(\C=N)c1ccnc(-c2nn(C3CCCCO3)c3ccc(OC(C)C)cc23)n1. The molecule has 0 radical (unpaired) electrons. The average Bonchev–Trinajstić information content (AvgIpc) is 3.29. The first-order valence-electron chi connectivity index (χ1n) is 12.5. The van der Waals surface area contributed by atoms with Gasteiger partial charge in [0.15, 0.2) is 12.1 Å². The molecule has 1 aliphatic rings. The Labute approximate surface area is 216 Å². The third-order valence-corrected chi connectivity index (χ3v) is 6.29. The zero-order valence-electron chi connectivity index (χ0n) is 22.0. The molecule has 196 valence electrons. The van der Waals surface area contributed by atoms with Crippen molar-refractivity contribution in [2.45, 2.75) is 58.4 Å². The van der Waals surface area contributed by atoms with E-state index in [0.29, 0.717) is 29.4 Å². The number of allylic oxidation sites excluding steroid dienone is 1. The third kappa shape index (κ3) is 5.80. The number of nitrogens with zero attached hydrogens (tertiary/aromatic N) is 5. The summed E-state index contributed by atoms with van der Waals surface area (Å²) in [7, 11) is 3.10. The lowest BCUT2D eigenvalue weighted by molar-refractivity contribution is -0.144. The number of benzene rings is 1. The van der Waals surface area contributed by atoms with Crippen molar-refractivity contribution in [3.8, 4) is 17.3 Å². The maximum absolute atomic E-state index is 11.9. The van der Waals surface area contributed by atoms with Gasteiger partial charge in [0.05, 0.1) is 24.4 Å². The highest BCUT2D eigenvalue weighted by atomic mass is 16.5. The number of ether oxygens (including phenoxy) is 3. The van der Waals surface area contributed by atoms with Gasteiger partial charge in [0, 0.05) is 43.2 Å². The first-order chi connectivity index (χ1) is 17.8. The van der Waals surface area contributed by atoms with E-state index in [4.69, 9.17) is 29.7 Å². The maximum Gasteiger partial charge on any atom is 0.328 e. The van der Waals surface area contributed by atoms with Gasteiger partial charge in [0.1, 0.15) is 17.5 Å². The number of hydrogen-bond acceptors (Lipinski definition) is 9. The van der Waals surface area contributed by atoms with Crippen LogP contribution in [0.1, 0.15) is 52.0 Å². The van der Waals surface area contributed by atoms with Gasteiger partial charge in [0.2, 0.25) is 0 Å². The Balaban J connectivity index is 1.78. The molecule has 1 N–H and O–H groups in total. The first-order valence-corrected chi connectivity index (χ1v) is 12.5. The van der Waals surface area contributed by atoms with Crippen molar-refractivity contribution in [2.75, 3.05) is 20.8 Å². The second kappa shape index (κ2) is 11.5. The lowest BCUT2D eigenvalue weighted by Crippen LogP contribution is -2.33. The molecule has 4 rings (SSSR count). The largest absolute Gasteiger partial charge is 0.491 e. The van der Waals surface area contributed by atoms with Crippen molar-refractivity contribution < 1.29 is 19.0 Å². The predicted octanol–water partition coefficient (Wildman–Crippen LogP) is 4.46. The Morgan fingerprint density at radius 2 is 2.08 bits per heavy atom. The first kappa shape index (κ1) is 26.3. The molecule has 0 saturated carbocycles. The zero-order valence-corrected chi connectivity index (χ0v) is 22.0. The van der Waals surface area contributed by atoms with Crippen LogP contribution in [0.25, 0.3) is 28.0 Å². The highest BCUT2D eigenvalue weighted by Gasteiger charge is 2.24. The molecule has 3 heterocycles. The van der Waals surface area contributed by atoms with Crippen LogP contribution in [0.5, 0.6) is 5.75 Å². The number of rotatable bonds is 9. The van der Waals surface area contributed by atoms with E-state index in [0.717, 1.165) is 35.9 Å². The van der Waals surface area contributed by atoms with E-state index in [1.807, 2.05) is 36.7 Å². The summed E-state index contributed by atoms with van der Waals surface area (Å²) in [6.07, 6.45) is 7.42. The molecule has 1 saturated heterocycles. The minimum absolute atomic E-state index is 0.0295. The monoisotopic (exact) mass is 506 g/mol. The fourth-order valence-corrected chi connectivity index (χ4v) is 4.25. The van der Waals surface area contributed by atoms with E-state index < -0.39 is 6.04 Å². The van der Waals surface area contributed by atoms with Crippen molar-refractivity contribution in [1.82, 2.24) is 24.6 Å². The van der Waals surface area contributed by atoms with Gasteiger partial charge in [-0.2, -0.15) is 5.10 Å². The molecule has 2 unspecified atom stereocenters. The normalized spacial score (nSPS) is 17.0. The molecule has 2 aromatic heterocycles. The van der Waals surface area contributed by atoms with Crippen LogP contribution < -0.4 is 4.74 Å². The number of fused-ring (bicyclic) bond motifs is 1. The molecule has 10 heteroatoms. The van der Waals surface area contributed by atoms with Crippen LogP contribution in [-0.2, 0) is 14.3 Å². The maximum atomic E-state index is 11.9. The molecule has 1 aliphatic heterocycles. The Kier molecular flexibility index (Phi) is 8.17. The molecule has 0 amide bonds. The predicted molar refractivity (Wildman–Crippen MR) is 141 cm³/mol. The van der Waals surface area contributed by atoms with Crippen molar-refractivity contribution in [3.05, 3.63) is 42.4 Å². The Morgan fingerprint density at radius 3 is 2.76 bits per heavy atom. The standard InChI is InChI=1S/C27H34N6O4/c1-17(2)37-20-9-10-23-21(14-20)25(31-33(23)24-8-6-7-13-36-24)26-29-12-11-22(30-26)19(15-28)16-32(4)18(3)27(34)35-5/h9-12,14-18,24,28H,6-8,13H2,1-5H3/b19-16+,28-15?. The number of carbonyl (C=O) groups excluding carboxylic acids is 1. The van der Waals surface area contributed by atoms with Crippen LogP contribution in [0.3, 0.4) is 0 Å². The quantitative estimate of drug-likeness (QED) is 0.334. The lowest BCUT2D eigenvalue weighted by atomic mass is 10.1. The van der Waals surface area contributed by atoms with Crippen molar-refractivity contribution in [2.24, 2.45) is 0 Å². The van der Waals surface area contributed by atoms with Gasteiger partial charge in [-0.05, 0) is 64.3 Å². The lowest BCUT2D eigenvalue weighted by Gasteiger charge is -2.23. The van der Waals surface area contributed by atoms with E-state index in [9.17, 15) is 4.79 Å². The van der Waals surface area contributed by atoms with Gasteiger partial charge in [-0.15, -0.1) is 0 Å². The summed E-state index contributed by atoms with van der Waals surface area (Å²) in [6.45, 7) is 6.41. The van der Waals surface area contributed by atoms with Crippen LogP contribution in [0.15, 0.2) is 36.7 Å². The molecular weight excluding hydrogens is 472 g/mol. The second-order valence-corrected chi connectivity index (χ2v) is 9.32. The highest BCUT2D eigenvalue weighted by molar-refractivity contribution is 6.07. The Bertz CT molecular complexity index is 1300. The number of likely N-dealkylation sites (N-methyl/N-ethyl adjacent to an activating group) is 1. The minimum atomic E-state index is -0.518. The average molecular weight is 507 g/mol.